The first-order chi connectivity index (χ1) is 8.61. The number of nitrogens with zero attached hydrogens (tertiary/aromatic N) is 1. The van der Waals surface area contributed by atoms with Crippen LogP contribution in [-0.2, 0) is 13.2 Å². The zero-order chi connectivity index (χ0) is 13.1. The summed E-state index contributed by atoms with van der Waals surface area (Å²) in [6.07, 6.45) is 0. The van der Waals surface area contributed by atoms with Crippen molar-refractivity contribution in [1.29, 1.82) is 0 Å². The van der Waals surface area contributed by atoms with Gasteiger partial charge in [0.25, 0.3) is 0 Å². The Morgan fingerprint density at radius 2 is 2.00 bits per heavy atom. The van der Waals surface area contributed by atoms with Gasteiger partial charge in [-0.05, 0) is 24.3 Å². The third-order valence-electron chi connectivity index (χ3n) is 2.69. The minimum atomic E-state index is -0.0649. The average Bonchev–Trinajstić information content (AvgIpc) is 2.74. The largest absolute Gasteiger partial charge is 0.392 e. The Hall–Kier alpha value is -0.740. The predicted molar refractivity (Wildman–Crippen MR) is 78.8 cm³/mol. The summed E-state index contributed by atoms with van der Waals surface area (Å²) in [5.41, 5.74) is 1.69. The SMILES string of the molecule is CN(Cc1ccc(Cl)s1)c1cccc(Cl)c1CO. The molecular weight excluding hydrogens is 289 g/mol. The van der Waals surface area contributed by atoms with Crippen molar-refractivity contribution in [3.8, 4) is 0 Å². The molecule has 0 aliphatic heterocycles. The topological polar surface area (TPSA) is 23.5 Å². The molecular formula is C13H13Cl2NOS. The fourth-order valence-electron chi connectivity index (χ4n) is 1.82. The van der Waals surface area contributed by atoms with Gasteiger partial charge in [0.15, 0.2) is 0 Å². The number of anilines is 1. The van der Waals surface area contributed by atoms with Gasteiger partial charge in [0.2, 0.25) is 0 Å². The highest BCUT2D eigenvalue weighted by Crippen LogP contribution is 2.29. The maximum atomic E-state index is 9.39. The maximum absolute atomic E-state index is 9.39. The number of rotatable bonds is 4. The number of aliphatic hydroxyl groups is 1. The highest BCUT2D eigenvalue weighted by Gasteiger charge is 2.11. The van der Waals surface area contributed by atoms with Crippen molar-refractivity contribution in [1.82, 2.24) is 0 Å². The van der Waals surface area contributed by atoms with Crippen LogP contribution in [0.15, 0.2) is 30.3 Å². The lowest BCUT2D eigenvalue weighted by Gasteiger charge is -2.21. The van der Waals surface area contributed by atoms with Crippen molar-refractivity contribution in [2.75, 3.05) is 11.9 Å². The lowest BCUT2D eigenvalue weighted by Crippen LogP contribution is -2.17. The summed E-state index contributed by atoms with van der Waals surface area (Å²) in [6.45, 7) is 0.676. The van der Waals surface area contributed by atoms with E-state index in [1.54, 1.807) is 17.4 Å². The van der Waals surface area contributed by atoms with Gasteiger partial charge in [0, 0.05) is 28.2 Å². The Labute approximate surface area is 120 Å². The molecule has 1 aromatic carbocycles. The van der Waals surface area contributed by atoms with Gasteiger partial charge in [0.05, 0.1) is 17.5 Å². The zero-order valence-electron chi connectivity index (χ0n) is 9.86. The molecule has 1 aromatic heterocycles. The van der Waals surface area contributed by atoms with Crippen molar-refractivity contribution in [3.05, 3.63) is 50.1 Å². The Bertz CT molecular complexity index is 542. The van der Waals surface area contributed by atoms with Crippen molar-refractivity contribution < 1.29 is 5.11 Å². The summed E-state index contributed by atoms with van der Waals surface area (Å²) in [5, 5.41) is 9.98. The standard InChI is InChI=1S/C13H13Cl2NOS/c1-16(7-9-5-6-13(15)18-9)12-4-2-3-11(14)10(12)8-17/h2-6,17H,7-8H2,1H3. The summed E-state index contributed by atoms with van der Waals surface area (Å²) < 4.78 is 0.784. The molecule has 0 spiro atoms. The summed E-state index contributed by atoms with van der Waals surface area (Å²) in [5.74, 6) is 0. The summed E-state index contributed by atoms with van der Waals surface area (Å²) in [4.78, 5) is 3.23. The molecule has 0 saturated heterocycles. The predicted octanol–water partition coefficient (Wildman–Crippen LogP) is 4.18. The fraction of sp³-hybridized carbons (Fsp3) is 0.231. The first-order valence-electron chi connectivity index (χ1n) is 5.45. The lowest BCUT2D eigenvalue weighted by molar-refractivity contribution is 0.282. The molecule has 5 heteroatoms. The van der Waals surface area contributed by atoms with E-state index in [4.69, 9.17) is 23.2 Å². The van der Waals surface area contributed by atoms with Gasteiger partial charge in [0.1, 0.15) is 0 Å². The minimum Gasteiger partial charge on any atom is -0.392 e. The van der Waals surface area contributed by atoms with Crippen LogP contribution in [0, 0.1) is 0 Å². The Morgan fingerprint density at radius 3 is 2.61 bits per heavy atom. The van der Waals surface area contributed by atoms with Crippen LogP contribution in [0.1, 0.15) is 10.4 Å². The normalized spacial score (nSPS) is 10.7. The number of halogens is 2. The molecule has 1 heterocycles. The number of hydrogen-bond acceptors (Lipinski definition) is 3. The van der Waals surface area contributed by atoms with Gasteiger partial charge in [-0.25, -0.2) is 0 Å². The van der Waals surface area contributed by atoms with Crippen LogP contribution in [0.25, 0.3) is 0 Å². The number of thiophene rings is 1. The van der Waals surface area contributed by atoms with Gasteiger partial charge < -0.3 is 10.0 Å². The molecule has 0 bridgehead atoms. The molecule has 2 rings (SSSR count). The van der Waals surface area contributed by atoms with Crippen molar-refractivity contribution in [2.24, 2.45) is 0 Å². The van der Waals surface area contributed by atoms with E-state index >= 15 is 0 Å². The van der Waals surface area contributed by atoms with E-state index in [9.17, 15) is 5.11 Å². The zero-order valence-corrected chi connectivity index (χ0v) is 12.2. The van der Waals surface area contributed by atoms with Crippen molar-refractivity contribution in [3.63, 3.8) is 0 Å². The third-order valence-corrected chi connectivity index (χ3v) is 4.26. The second-order valence-electron chi connectivity index (χ2n) is 3.96. The van der Waals surface area contributed by atoms with Gasteiger partial charge in [-0.15, -0.1) is 11.3 Å². The van der Waals surface area contributed by atoms with Gasteiger partial charge in [-0.2, -0.15) is 0 Å². The van der Waals surface area contributed by atoms with Crippen LogP contribution in [0.4, 0.5) is 5.69 Å². The fourth-order valence-corrected chi connectivity index (χ4v) is 3.19. The average molecular weight is 302 g/mol. The molecule has 0 unspecified atom stereocenters. The first kappa shape index (κ1) is 13.7. The molecule has 0 aliphatic carbocycles. The Balaban J connectivity index is 2.23. The van der Waals surface area contributed by atoms with E-state index in [0.717, 1.165) is 22.1 Å². The Kier molecular flexibility index (Phi) is 4.51. The molecule has 1 N–H and O–H groups in total. The molecule has 18 heavy (non-hydrogen) atoms. The van der Waals surface area contributed by atoms with Crippen molar-refractivity contribution in [2.45, 2.75) is 13.2 Å². The minimum absolute atomic E-state index is 0.0649. The number of aliphatic hydroxyl groups excluding tert-OH is 1. The van der Waals surface area contributed by atoms with E-state index in [0.29, 0.717) is 5.02 Å². The molecule has 0 atom stereocenters. The summed E-state index contributed by atoms with van der Waals surface area (Å²) in [6, 6.07) is 9.51. The van der Waals surface area contributed by atoms with Crippen LogP contribution in [-0.4, -0.2) is 12.2 Å². The smallest absolute Gasteiger partial charge is 0.0931 e. The lowest BCUT2D eigenvalue weighted by atomic mass is 10.1. The van der Waals surface area contributed by atoms with Crippen LogP contribution in [0.2, 0.25) is 9.36 Å². The molecule has 96 valence electrons. The van der Waals surface area contributed by atoms with Crippen LogP contribution in [0.3, 0.4) is 0 Å². The number of hydrogen-bond donors (Lipinski definition) is 1. The quantitative estimate of drug-likeness (QED) is 0.915. The second kappa shape index (κ2) is 5.93. The van der Waals surface area contributed by atoms with Crippen LogP contribution >= 0.6 is 34.5 Å². The van der Waals surface area contributed by atoms with Crippen LogP contribution in [0.5, 0.6) is 0 Å². The Morgan fingerprint density at radius 1 is 1.22 bits per heavy atom. The maximum Gasteiger partial charge on any atom is 0.0931 e. The van der Waals surface area contributed by atoms with E-state index in [1.807, 2.05) is 31.3 Å². The van der Waals surface area contributed by atoms with E-state index in [-0.39, 0.29) is 6.61 Å². The van der Waals surface area contributed by atoms with E-state index in [2.05, 4.69) is 4.90 Å². The first-order valence-corrected chi connectivity index (χ1v) is 7.02. The van der Waals surface area contributed by atoms with E-state index < -0.39 is 0 Å². The van der Waals surface area contributed by atoms with E-state index in [1.165, 1.54) is 4.88 Å². The molecule has 0 amide bonds. The third kappa shape index (κ3) is 2.98. The monoisotopic (exact) mass is 301 g/mol. The molecule has 0 saturated carbocycles. The summed E-state index contributed by atoms with van der Waals surface area (Å²) in [7, 11) is 1.97. The molecule has 0 aliphatic rings. The molecule has 2 nitrogen and oxygen atoms in total. The highest BCUT2D eigenvalue weighted by atomic mass is 35.5. The molecule has 0 fully saturated rings. The van der Waals surface area contributed by atoms with Crippen LogP contribution < -0.4 is 4.90 Å². The van der Waals surface area contributed by atoms with Gasteiger partial charge >= 0.3 is 0 Å². The second-order valence-corrected chi connectivity index (χ2v) is 6.16. The van der Waals surface area contributed by atoms with Crippen molar-refractivity contribution >= 4 is 40.2 Å². The highest BCUT2D eigenvalue weighted by molar-refractivity contribution is 7.16. The van der Waals surface area contributed by atoms with Gasteiger partial charge in [-0.1, -0.05) is 29.3 Å². The molecule has 0 radical (unpaired) electrons. The summed E-state index contributed by atoms with van der Waals surface area (Å²) >= 11 is 13.5. The molecule has 2 aromatic rings. The number of benzene rings is 1. The van der Waals surface area contributed by atoms with Gasteiger partial charge in [-0.3, -0.25) is 0 Å².